The second-order valence-electron chi connectivity index (χ2n) is 7.45. The summed E-state index contributed by atoms with van der Waals surface area (Å²) >= 11 is 0. The van der Waals surface area contributed by atoms with Crippen molar-refractivity contribution in [3.05, 3.63) is 47.8 Å². The molecule has 2 N–H and O–H groups in total. The number of fused-ring (bicyclic) bond motifs is 1. The van der Waals surface area contributed by atoms with Gasteiger partial charge >= 0.3 is 24.3 Å². The van der Waals surface area contributed by atoms with Gasteiger partial charge in [0.2, 0.25) is 0 Å². The molecule has 0 saturated heterocycles. The van der Waals surface area contributed by atoms with Gasteiger partial charge in [-0.25, -0.2) is 9.59 Å². The normalized spacial score (nSPS) is 15.8. The Hall–Kier alpha value is -3.33. The highest BCUT2D eigenvalue weighted by Gasteiger charge is 2.38. The van der Waals surface area contributed by atoms with E-state index in [2.05, 4.69) is 32.9 Å². The van der Waals surface area contributed by atoms with Crippen molar-refractivity contribution in [3.63, 3.8) is 0 Å². The smallest absolute Gasteiger partial charge is 0.490 e. The predicted molar refractivity (Wildman–Crippen MR) is 112 cm³/mol. The number of rotatable bonds is 5. The van der Waals surface area contributed by atoms with Crippen molar-refractivity contribution in [1.82, 2.24) is 14.7 Å². The third-order valence-corrected chi connectivity index (χ3v) is 4.59. The van der Waals surface area contributed by atoms with E-state index in [0.717, 1.165) is 38.5 Å². The Balaban J connectivity index is 0.000000383. The summed E-state index contributed by atoms with van der Waals surface area (Å²) in [4.78, 5) is 20.3. The van der Waals surface area contributed by atoms with Gasteiger partial charge in [0.15, 0.2) is 0 Å². The molecule has 2 heterocycles. The van der Waals surface area contributed by atoms with E-state index in [0.29, 0.717) is 5.92 Å². The Bertz CT molecular complexity index is 938. The topological polar surface area (TPSA) is 114 Å². The summed E-state index contributed by atoms with van der Waals surface area (Å²) in [6.07, 6.45) is -8.28. The van der Waals surface area contributed by atoms with Gasteiger partial charge in [-0.2, -0.15) is 31.4 Å². The number of aliphatic carboxylic acids is 2. The fourth-order valence-corrected chi connectivity index (χ4v) is 3.07. The molecule has 1 aliphatic rings. The van der Waals surface area contributed by atoms with Crippen molar-refractivity contribution >= 4 is 11.9 Å². The lowest BCUT2D eigenvalue weighted by Crippen LogP contribution is -2.29. The summed E-state index contributed by atoms with van der Waals surface area (Å²) in [6.45, 7) is 4.55. The van der Waals surface area contributed by atoms with Crippen LogP contribution in [0.5, 0.6) is 5.75 Å². The monoisotopic (exact) mass is 529 g/mol. The number of alkyl halides is 6. The molecule has 0 radical (unpaired) electrons. The number of nitrogens with zero attached hydrogens (tertiary/aromatic N) is 3. The Morgan fingerprint density at radius 3 is 1.94 bits per heavy atom. The van der Waals surface area contributed by atoms with Gasteiger partial charge in [0.05, 0.1) is 19.4 Å². The average molecular weight is 529 g/mol. The molecule has 1 aromatic carbocycles. The van der Waals surface area contributed by atoms with Crippen molar-refractivity contribution in [1.29, 1.82) is 0 Å². The van der Waals surface area contributed by atoms with Crippen molar-refractivity contribution in [3.8, 4) is 5.75 Å². The van der Waals surface area contributed by atoms with E-state index in [1.807, 2.05) is 18.3 Å². The largest absolute Gasteiger partial charge is 0.497 e. The van der Waals surface area contributed by atoms with Gasteiger partial charge in [0.25, 0.3) is 0 Å². The molecule has 0 aliphatic carbocycles. The lowest BCUT2D eigenvalue weighted by atomic mass is 10.1. The number of hydrogen-bond donors (Lipinski definition) is 2. The van der Waals surface area contributed by atoms with Crippen LogP contribution in [-0.2, 0) is 34.0 Å². The van der Waals surface area contributed by atoms with Crippen LogP contribution in [0.4, 0.5) is 26.3 Å². The van der Waals surface area contributed by atoms with E-state index in [-0.39, 0.29) is 0 Å². The molecular weight excluding hydrogens is 504 g/mol. The molecule has 36 heavy (non-hydrogen) atoms. The number of carboxylic acids is 2. The third-order valence-electron chi connectivity index (χ3n) is 4.59. The fourth-order valence-electron chi connectivity index (χ4n) is 3.07. The highest BCUT2D eigenvalue weighted by Crippen LogP contribution is 2.20. The molecule has 1 aromatic heterocycles. The van der Waals surface area contributed by atoms with Crippen LogP contribution in [0.3, 0.4) is 0 Å². The number of aromatic nitrogens is 2. The molecule has 0 fully saturated rings. The van der Waals surface area contributed by atoms with E-state index in [1.165, 1.54) is 11.3 Å². The van der Waals surface area contributed by atoms with Crippen LogP contribution in [0, 0.1) is 5.92 Å². The van der Waals surface area contributed by atoms with Crippen LogP contribution in [0.15, 0.2) is 36.5 Å². The first-order valence-electron chi connectivity index (χ1n) is 10.1. The molecule has 2 aromatic rings. The van der Waals surface area contributed by atoms with Gasteiger partial charge in [-0.3, -0.25) is 9.58 Å². The van der Waals surface area contributed by atoms with Crippen molar-refractivity contribution in [2.45, 2.75) is 32.0 Å². The average Bonchev–Trinajstić information content (AvgIpc) is 3.13. The zero-order chi connectivity index (χ0) is 27.5. The molecule has 202 valence electrons. The van der Waals surface area contributed by atoms with Gasteiger partial charge in [-0.15, -0.1) is 0 Å². The van der Waals surface area contributed by atoms with E-state index in [9.17, 15) is 26.3 Å². The molecule has 1 unspecified atom stereocenters. The number of ether oxygens (including phenoxy) is 2. The Kier molecular flexibility index (Phi) is 11.7. The van der Waals surface area contributed by atoms with E-state index >= 15 is 0 Å². The molecule has 0 spiro atoms. The number of methoxy groups -OCH3 is 2. The molecule has 3 rings (SSSR count). The van der Waals surface area contributed by atoms with Gasteiger partial charge in [-0.05, 0) is 23.8 Å². The maximum atomic E-state index is 10.6. The molecule has 1 aliphatic heterocycles. The molecule has 1 atom stereocenters. The molecule has 15 heteroatoms. The minimum absolute atomic E-state index is 0.462. The Morgan fingerprint density at radius 2 is 1.50 bits per heavy atom. The first-order valence-corrected chi connectivity index (χ1v) is 10.1. The van der Waals surface area contributed by atoms with E-state index < -0.39 is 24.3 Å². The minimum Gasteiger partial charge on any atom is -0.497 e. The molecule has 9 nitrogen and oxygen atoms in total. The van der Waals surface area contributed by atoms with Crippen LogP contribution in [-0.4, -0.2) is 76.6 Å². The first kappa shape index (κ1) is 30.7. The van der Waals surface area contributed by atoms with Crippen molar-refractivity contribution < 1.29 is 55.6 Å². The van der Waals surface area contributed by atoms with Gasteiger partial charge in [0, 0.05) is 45.4 Å². The van der Waals surface area contributed by atoms with Crippen LogP contribution >= 0.6 is 0 Å². The summed E-state index contributed by atoms with van der Waals surface area (Å²) in [5.41, 5.74) is 2.57. The number of hydrogen-bond acceptors (Lipinski definition) is 6. The highest BCUT2D eigenvalue weighted by molar-refractivity contribution is 5.73. The zero-order valence-electron chi connectivity index (χ0n) is 19.2. The quantitative estimate of drug-likeness (QED) is 0.567. The van der Waals surface area contributed by atoms with E-state index in [4.69, 9.17) is 29.3 Å². The summed E-state index contributed by atoms with van der Waals surface area (Å²) in [5.74, 6) is -4.15. The van der Waals surface area contributed by atoms with Crippen LogP contribution in [0.25, 0.3) is 0 Å². The lowest BCUT2D eigenvalue weighted by Gasteiger charge is -2.23. The number of carbonyl (C=O) groups is 2. The third kappa shape index (κ3) is 10.9. The van der Waals surface area contributed by atoms with Crippen LogP contribution < -0.4 is 4.74 Å². The maximum Gasteiger partial charge on any atom is 0.490 e. The predicted octanol–water partition coefficient (Wildman–Crippen LogP) is 3.44. The number of benzene rings is 1. The highest BCUT2D eigenvalue weighted by atomic mass is 19.4. The lowest BCUT2D eigenvalue weighted by molar-refractivity contribution is -0.193. The summed E-state index contributed by atoms with van der Waals surface area (Å²) < 4.78 is 76.2. The fraction of sp³-hybridized carbons (Fsp3) is 0.476. The zero-order valence-corrected chi connectivity index (χ0v) is 19.2. The van der Waals surface area contributed by atoms with Crippen LogP contribution in [0.1, 0.15) is 11.3 Å². The minimum atomic E-state index is -5.08. The van der Waals surface area contributed by atoms with Gasteiger partial charge < -0.3 is 19.7 Å². The SMILES string of the molecule is COCC1CN(Cc2ccc(OC)cc2)Cc2ccnn2C1.O=C(O)C(F)(F)F.O=C(O)C(F)(F)F. The summed E-state index contributed by atoms with van der Waals surface area (Å²) in [6, 6.07) is 10.4. The second kappa shape index (κ2) is 13.7. The van der Waals surface area contributed by atoms with Gasteiger partial charge in [0.1, 0.15) is 5.75 Å². The first-order chi connectivity index (χ1) is 16.7. The number of carboxylic acid groups (broad SMARTS) is 2. The molecule has 0 bridgehead atoms. The van der Waals surface area contributed by atoms with Gasteiger partial charge in [-0.1, -0.05) is 12.1 Å². The molecular formula is C21H25F6N3O6. The van der Waals surface area contributed by atoms with E-state index in [1.54, 1.807) is 14.2 Å². The van der Waals surface area contributed by atoms with Crippen molar-refractivity contribution in [2.75, 3.05) is 27.4 Å². The maximum absolute atomic E-state index is 10.6. The van der Waals surface area contributed by atoms with Crippen molar-refractivity contribution in [2.24, 2.45) is 5.92 Å². The standard InChI is InChI=1S/C17H23N3O2.2C2HF3O2/c1-21-13-15-10-19(12-16-7-8-18-20(16)11-15)9-14-3-5-17(22-2)6-4-14;2*3-2(4,5)1(6)7/h3-8,15H,9-13H2,1-2H3;2*(H,6,7). The number of halogens is 6. The summed E-state index contributed by atoms with van der Waals surface area (Å²) in [5, 5.41) is 18.7. The Labute approximate surface area is 201 Å². The Morgan fingerprint density at radius 1 is 0.972 bits per heavy atom. The molecule has 0 amide bonds. The second-order valence-corrected chi connectivity index (χ2v) is 7.45. The van der Waals surface area contributed by atoms with Crippen LogP contribution in [0.2, 0.25) is 0 Å². The molecule has 0 saturated carbocycles. The summed E-state index contributed by atoms with van der Waals surface area (Å²) in [7, 11) is 3.46.